The zero-order valence-corrected chi connectivity index (χ0v) is 12.9. The van der Waals surface area contributed by atoms with Gasteiger partial charge in [0.2, 0.25) is 4.96 Å². The summed E-state index contributed by atoms with van der Waals surface area (Å²) >= 11 is 1.31. The smallest absolute Gasteiger partial charge is 0.338 e. The van der Waals surface area contributed by atoms with Gasteiger partial charge in [0.15, 0.2) is 0 Å². The van der Waals surface area contributed by atoms with Crippen LogP contribution < -0.4 is 5.56 Å². The number of ether oxygens (including phenoxy) is 1. The Hall–Kier alpha value is -2.54. The summed E-state index contributed by atoms with van der Waals surface area (Å²) in [5.74, 6) is -0.430. The minimum Gasteiger partial charge on any atom is -0.456 e. The van der Waals surface area contributed by atoms with Crippen molar-refractivity contribution in [2.24, 2.45) is 0 Å². The number of rotatable bonds is 3. The number of benzene rings is 1. The van der Waals surface area contributed by atoms with E-state index in [0.717, 1.165) is 10.6 Å². The van der Waals surface area contributed by atoms with Gasteiger partial charge >= 0.3 is 5.97 Å². The highest BCUT2D eigenvalue weighted by Gasteiger charge is 2.12. The minimum atomic E-state index is -0.430. The van der Waals surface area contributed by atoms with E-state index < -0.39 is 5.97 Å². The lowest BCUT2D eigenvalue weighted by Crippen LogP contribution is -2.16. The molecule has 0 N–H and O–H groups in total. The molecular formula is C15H13N3O3S. The van der Waals surface area contributed by atoms with Crippen LogP contribution in [0.5, 0.6) is 0 Å². The third-order valence-electron chi connectivity index (χ3n) is 3.12. The molecule has 0 aliphatic carbocycles. The van der Waals surface area contributed by atoms with Crippen LogP contribution in [0.15, 0.2) is 35.1 Å². The van der Waals surface area contributed by atoms with Crippen molar-refractivity contribution >= 4 is 22.3 Å². The second-order valence-corrected chi connectivity index (χ2v) is 5.95. The molecule has 0 aliphatic rings. The lowest BCUT2D eigenvalue weighted by atomic mass is 10.1. The lowest BCUT2D eigenvalue weighted by Gasteiger charge is -2.06. The lowest BCUT2D eigenvalue weighted by molar-refractivity contribution is 0.0467. The molecule has 7 heteroatoms. The van der Waals surface area contributed by atoms with Crippen LogP contribution in [0.2, 0.25) is 0 Å². The quantitative estimate of drug-likeness (QED) is 0.692. The standard InChI is InChI=1S/C15H13N3O3S/c1-9-5-3-4-6-12(9)14(20)21-8-11-7-13(19)18-15(16-11)22-10(2)17-18/h3-7H,8H2,1-2H3. The predicted octanol–water partition coefficient (Wildman–Crippen LogP) is 2.12. The van der Waals surface area contributed by atoms with Crippen LogP contribution in [-0.2, 0) is 11.3 Å². The van der Waals surface area contributed by atoms with E-state index >= 15 is 0 Å². The number of hydrogen-bond donors (Lipinski definition) is 0. The SMILES string of the molecule is Cc1nn2c(=O)cc(COC(=O)c3ccccc3C)nc2s1. The van der Waals surface area contributed by atoms with Gasteiger partial charge in [-0.2, -0.15) is 9.61 Å². The summed E-state index contributed by atoms with van der Waals surface area (Å²) in [5, 5.41) is 4.81. The predicted molar refractivity (Wildman–Crippen MR) is 82.2 cm³/mol. The van der Waals surface area contributed by atoms with Crippen molar-refractivity contribution in [2.75, 3.05) is 0 Å². The maximum absolute atomic E-state index is 12.0. The fourth-order valence-corrected chi connectivity index (χ4v) is 2.81. The van der Waals surface area contributed by atoms with Gasteiger partial charge in [-0.15, -0.1) is 0 Å². The first-order valence-corrected chi connectivity index (χ1v) is 7.45. The Labute approximate surface area is 130 Å². The van der Waals surface area contributed by atoms with Gasteiger partial charge < -0.3 is 4.74 Å². The van der Waals surface area contributed by atoms with Crippen LogP contribution in [0.25, 0.3) is 4.96 Å². The molecule has 0 radical (unpaired) electrons. The molecule has 6 nitrogen and oxygen atoms in total. The molecule has 0 amide bonds. The third-order valence-corrected chi connectivity index (χ3v) is 3.94. The maximum atomic E-state index is 12.0. The fraction of sp³-hybridized carbons (Fsp3) is 0.200. The van der Waals surface area contributed by atoms with E-state index in [0.29, 0.717) is 16.2 Å². The number of nitrogens with zero attached hydrogens (tertiary/aromatic N) is 3. The molecule has 2 heterocycles. The van der Waals surface area contributed by atoms with Crippen molar-refractivity contribution in [3.63, 3.8) is 0 Å². The van der Waals surface area contributed by atoms with Crippen LogP contribution in [0.1, 0.15) is 26.6 Å². The topological polar surface area (TPSA) is 73.6 Å². The molecule has 3 rings (SSSR count). The number of carbonyl (C=O) groups excluding carboxylic acids is 1. The maximum Gasteiger partial charge on any atom is 0.338 e. The van der Waals surface area contributed by atoms with Crippen molar-refractivity contribution < 1.29 is 9.53 Å². The van der Waals surface area contributed by atoms with E-state index in [1.165, 1.54) is 21.9 Å². The second kappa shape index (κ2) is 5.69. The normalized spacial score (nSPS) is 10.8. The van der Waals surface area contributed by atoms with Crippen LogP contribution in [-0.4, -0.2) is 20.6 Å². The van der Waals surface area contributed by atoms with Crippen molar-refractivity contribution in [1.29, 1.82) is 0 Å². The molecule has 0 saturated carbocycles. The molecule has 0 unspecified atom stereocenters. The summed E-state index contributed by atoms with van der Waals surface area (Å²) in [6.07, 6.45) is 0. The van der Waals surface area contributed by atoms with Gasteiger partial charge in [0.1, 0.15) is 11.6 Å². The summed E-state index contributed by atoms with van der Waals surface area (Å²) in [4.78, 5) is 28.7. The highest BCUT2D eigenvalue weighted by Crippen LogP contribution is 2.12. The van der Waals surface area contributed by atoms with Gasteiger partial charge in [0, 0.05) is 6.07 Å². The number of carbonyl (C=O) groups is 1. The van der Waals surface area contributed by atoms with Gasteiger partial charge in [0.25, 0.3) is 5.56 Å². The van der Waals surface area contributed by atoms with E-state index in [4.69, 9.17) is 4.74 Å². The molecule has 112 valence electrons. The molecule has 0 spiro atoms. The molecule has 0 atom stereocenters. The van der Waals surface area contributed by atoms with Crippen LogP contribution >= 0.6 is 11.3 Å². The van der Waals surface area contributed by atoms with Crippen LogP contribution in [0.3, 0.4) is 0 Å². The Morgan fingerprint density at radius 3 is 2.86 bits per heavy atom. The Morgan fingerprint density at radius 2 is 2.09 bits per heavy atom. The number of aryl methyl sites for hydroxylation is 2. The minimum absolute atomic E-state index is 0.0458. The fourth-order valence-electron chi connectivity index (χ4n) is 2.04. The van der Waals surface area contributed by atoms with E-state index in [9.17, 15) is 9.59 Å². The molecule has 0 saturated heterocycles. The summed E-state index contributed by atoms with van der Waals surface area (Å²) in [7, 11) is 0. The summed E-state index contributed by atoms with van der Waals surface area (Å²) in [6, 6.07) is 8.51. The third kappa shape index (κ3) is 2.75. The Morgan fingerprint density at radius 1 is 1.32 bits per heavy atom. The average Bonchev–Trinajstić information content (AvgIpc) is 2.86. The molecule has 22 heavy (non-hydrogen) atoms. The Bertz CT molecular complexity index is 914. The van der Waals surface area contributed by atoms with Crippen molar-refractivity contribution in [2.45, 2.75) is 20.5 Å². The van der Waals surface area contributed by atoms with Gasteiger partial charge in [-0.25, -0.2) is 9.78 Å². The monoisotopic (exact) mass is 315 g/mol. The first kappa shape index (κ1) is 14.4. The molecule has 0 aliphatic heterocycles. The zero-order valence-electron chi connectivity index (χ0n) is 12.1. The first-order valence-electron chi connectivity index (χ1n) is 6.64. The van der Waals surface area contributed by atoms with Crippen molar-refractivity contribution in [3.8, 4) is 0 Å². The van der Waals surface area contributed by atoms with Gasteiger partial charge in [0.05, 0.1) is 11.3 Å². The Kier molecular flexibility index (Phi) is 3.72. The van der Waals surface area contributed by atoms with Gasteiger partial charge in [-0.1, -0.05) is 29.5 Å². The van der Waals surface area contributed by atoms with Crippen LogP contribution in [0, 0.1) is 13.8 Å². The second-order valence-electron chi connectivity index (χ2n) is 4.79. The highest BCUT2D eigenvalue weighted by atomic mass is 32.1. The molecular weight excluding hydrogens is 302 g/mol. The van der Waals surface area contributed by atoms with E-state index in [-0.39, 0.29) is 12.2 Å². The summed E-state index contributed by atoms with van der Waals surface area (Å²) in [6.45, 7) is 3.60. The summed E-state index contributed by atoms with van der Waals surface area (Å²) < 4.78 is 6.48. The molecule has 0 fully saturated rings. The number of hydrogen-bond acceptors (Lipinski definition) is 6. The molecule has 3 aromatic rings. The van der Waals surface area contributed by atoms with E-state index in [1.54, 1.807) is 19.1 Å². The largest absolute Gasteiger partial charge is 0.456 e. The van der Waals surface area contributed by atoms with Crippen LogP contribution in [0.4, 0.5) is 0 Å². The first-order chi connectivity index (χ1) is 10.5. The van der Waals surface area contributed by atoms with E-state index in [2.05, 4.69) is 10.1 Å². The highest BCUT2D eigenvalue weighted by molar-refractivity contribution is 7.16. The number of aromatic nitrogens is 3. The number of fused-ring (bicyclic) bond motifs is 1. The summed E-state index contributed by atoms with van der Waals surface area (Å²) in [5.41, 5.74) is 1.48. The molecule has 2 aromatic heterocycles. The Balaban J connectivity index is 1.81. The van der Waals surface area contributed by atoms with E-state index in [1.807, 2.05) is 19.1 Å². The van der Waals surface area contributed by atoms with Crippen molar-refractivity contribution in [3.05, 3.63) is 62.5 Å². The average molecular weight is 315 g/mol. The van der Waals surface area contributed by atoms with Gasteiger partial charge in [-0.05, 0) is 25.5 Å². The van der Waals surface area contributed by atoms with Gasteiger partial charge in [-0.3, -0.25) is 4.79 Å². The molecule has 0 bridgehead atoms. The zero-order chi connectivity index (χ0) is 15.7. The molecule has 1 aromatic carbocycles. The number of esters is 1. The van der Waals surface area contributed by atoms with Crippen molar-refractivity contribution in [1.82, 2.24) is 14.6 Å².